The molecule has 0 fully saturated rings. The van der Waals surface area contributed by atoms with Gasteiger partial charge in [-0.3, -0.25) is 5.32 Å². The number of amidine groups is 1. The summed E-state index contributed by atoms with van der Waals surface area (Å²) in [6.07, 6.45) is 7.53. The molecule has 7 aromatic carbocycles. The van der Waals surface area contributed by atoms with Crippen LogP contribution >= 0.6 is 0 Å². The molecule has 2 aliphatic heterocycles. The van der Waals surface area contributed by atoms with Gasteiger partial charge >= 0.3 is 0 Å². The summed E-state index contributed by atoms with van der Waals surface area (Å²) in [7, 11) is 0. The maximum absolute atomic E-state index is 5.17. The molecule has 0 amide bonds. The van der Waals surface area contributed by atoms with Crippen molar-refractivity contribution in [3.8, 4) is 5.69 Å². The molecule has 0 radical (unpaired) electrons. The van der Waals surface area contributed by atoms with Crippen LogP contribution in [0.25, 0.3) is 39.6 Å². The Hall–Kier alpha value is -6.95. The predicted molar refractivity (Wildman–Crippen MR) is 238 cm³/mol. The number of allylic oxidation sites excluding steroid dienone is 2. The Morgan fingerprint density at radius 2 is 1.29 bits per heavy atom. The molecular weight excluding hydrogens is 707 g/mol. The molecule has 278 valence electrons. The maximum Gasteiger partial charge on any atom is 0.131 e. The summed E-state index contributed by atoms with van der Waals surface area (Å²) in [6, 6.07) is 61.6. The fourth-order valence-electron chi connectivity index (χ4n) is 10.0. The highest BCUT2D eigenvalue weighted by Gasteiger charge is 2.39. The van der Waals surface area contributed by atoms with Crippen LogP contribution in [-0.4, -0.2) is 10.4 Å². The van der Waals surface area contributed by atoms with Crippen LogP contribution in [0.4, 0.5) is 5.69 Å². The molecule has 1 aromatic heterocycles. The van der Waals surface area contributed by atoms with E-state index in [4.69, 9.17) is 4.99 Å². The number of rotatable bonds is 5. The summed E-state index contributed by atoms with van der Waals surface area (Å²) < 4.78 is 2.45. The van der Waals surface area contributed by atoms with Gasteiger partial charge in [-0.2, -0.15) is 0 Å². The van der Waals surface area contributed by atoms with Gasteiger partial charge < -0.3 is 14.8 Å². The van der Waals surface area contributed by atoms with E-state index in [1.54, 1.807) is 0 Å². The largest absolute Gasteiger partial charge is 0.350 e. The molecule has 2 aliphatic carbocycles. The van der Waals surface area contributed by atoms with Crippen LogP contribution in [0.2, 0.25) is 0 Å². The number of para-hydroxylation sites is 2. The Kier molecular flexibility index (Phi) is 7.63. The van der Waals surface area contributed by atoms with Crippen molar-refractivity contribution < 1.29 is 0 Å². The molecule has 4 aliphatic rings. The van der Waals surface area contributed by atoms with Crippen molar-refractivity contribution in [2.45, 2.75) is 37.5 Å². The lowest BCUT2D eigenvalue weighted by Crippen LogP contribution is -2.45. The second-order valence-electron chi connectivity index (χ2n) is 15.9. The Labute approximate surface area is 338 Å². The van der Waals surface area contributed by atoms with Crippen LogP contribution in [-0.2, 0) is 12.8 Å². The minimum absolute atomic E-state index is 0.100. The molecule has 0 saturated heterocycles. The maximum atomic E-state index is 5.17. The highest BCUT2D eigenvalue weighted by molar-refractivity contribution is 6.09. The molecular formula is C53H41N5. The van der Waals surface area contributed by atoms with Gasteiger partial charge in [-0.15, -0.1) is 0 Å². The minimum atomic E-state index is -0.167. The number of nitrogens with one attached hydrogen (secondary N) is 2. The third-order valence-corrected chi connectivity index (χ3v) is 12.7. The van der Waals surface area contributed by atoms with E-state index in [0.29, 0.717) is 0 Å². The molecule has 5 nitrogen and oxygen atoms in total. The first kappa shape index (κ1) is 33.2. The summed E-state index contributed by atoms with van der Waals surface area (Å²) in [5.74, 6) is 1.18. The predicted octanol–water partition coefficient (Wildman–Crippen LogP) is 11.6. The topological polar surface area (TPSA) is 44.6 Å². The van der Waals surface area contributed by atoms with Crippen LogP contribution in [0.3, 0.4) is 0 Å². The van der Waals surface area contributed by atoms with Gasteiger partial charge in [0.1, 0.15) is 18.2 Å². The van der Waals surface area contributed by atoms with Crippen molar-refractivity contribution in [1.29, 1.82) is 0 Å². The molecule has 5 heteroatoms. The van der Waals surface area contributed by atoms with E-state index in [9.17, 15) is 0 Å². The number of anilines is 1. The molecule has 58 heavy (non-hydrogen) atoms. The molecule has 8 aromatic rings. The highest BCUT2D eigenvalue weighted by atomic mass is 15.3. The average molecular weight is 748 g/mol. The Morgan fingerprint density at radius 1 is 0.586 bits per heavy atom. The summed E-state index contributed by atoms with van der Waals surface area (Å²) in [5.41, 5.74) is 18.0. The quantitative estimate of drug-likeness (QED) is 0.184. The SMILES string of the molecule is C1=C(N2C3=Cc4ccccc4CC3c3cc(-n4c5ccccc5c5ccccc54)ccc32)CCc2c1cccc2C1NC(c2ccccc2)=NC(c2ccccc2)N1. The van der Waals surface area contributed by atoms with E-state index in [1.165, 1.54) is 78.0 Å². The molecule has 12 rings (SSSR count). The van der Waals surface area contributed by atoms with E-state index in [0.717, 1.165) is 36.2 Å². The number of fused-ring (bicyclic) bond motifs is 8. The summed E-state index contributed by atoms with van der Waals surface area (Å²) in [5, 5.41) is 10.2. The van der Waals surface area contributed by atoms with Crippen molar-refractivity contribution in [3.63, 3.8) is 0 Å². The number of nitrogens with zero attached hydrogens (tertiary/aromatic N) is 3. The Morgan fingerprint density at radius 3 is 2.10 bits per heavy atom. The average Bonchev–Trinajstić information content (AvgIpc) is 3.80. The zero-order valence-corrected chi connectivity index (χ0v) is 32.0. The summed E-state index contributed by atoms with van der Waals surface area (Å²) in [6.45, 7) is 0. The van der Waals surface area contributed by atoms with Gasteiger partial charge in [-0.05, 0) is 101 Å². The van der Waals surface area contributed by atoms with Crippen LogP contribution in [0.15, 0.2) is 186 Å². The number of aliphatic imine (C=N–C) groups is 1. The van der Waals surface area contributed by atoms with Crippen molar-refractivity contribution in [2.75, 3.05) is 4.90 Å². The number of hydrogen-bond donors (Lipinski definition) is 2. The van der Waals surface area contributed by atoms with Gasteiger partial charge in [0.15, 0.2) is 0 Å². The third kappa shape index (κ3) is 5.31. The number of aromatic nitrogens is 1. The minimum Gasteiger partial charge on any atom is -0.350 e. The van der Waals surface area contributed by atoms with Gasteiger partial charge in [0, 0.05) is 45.0 Å². The Balaban J connectivity index is 0.957. The summed E-state index contributed by atoms with van der Waals surface area (Å²) >= 11 is 0. The van der Waals surface area contributed by atoms with Crippen molar-refractivity contribution in [1.82, 2.24) is 15.2 Å². The molecule has 3 unspecified atom stereocenters. The fraction of sp³-hybridized carbons (Fsp3) is 0.113. The number of benzene rings is 7. The van der Waals surface area contributed by atoms with E-state index in [2.05, 4.69) is 202 Å². The third-order valence-electron chi connectivity index (χ3n) is 12.7. The lowest BCUT2D eigenvalue weighted by atomic mass is 9.84. The lowest BCUT2D eigenvalue weighted by molar-refractivity contribution is 0.406. The second kappa shape index (κ2) is 13.3. The summed E-state index contributed by atoms with van der Waals surface area (Å²) in [4.78, 5) is 7.77. The van der Waals surface area contributed by atoms with Crippen LogP contribution in [0, 0.1) is 0 Å². The molecule has 0 saturated carbocycles. The smallest absolute Gasteiger partial charge is 0.131 e. The van der Waals surface area contributed by atoms with Crippen LogP contribution in [0.5, 0.6) is 0 Å². The van der Waals surface area contributed by atoms with Gasteiger partial charge in [0.05, 0.1) is 11.0 Å². The first-order valence-corrected chi connectivity index (χ1v) is 20.5. The highest BCUT2D eigenvalue weighted by Crippen LogP contribution is 2.52. The van der Waals surface area contributed by atoms with Gasteiger partial charge in [0.25, 0.3) is 0 Å². The van der Waals surface area contributed by atoms with Crippen molar-refractivity contribution in [2.24, 2.45) is 4.99 Å². The van der Waals surface area contributed by atoms with Crippen LogP contribution < -0.4 is 15.5 Å². The standard InChI is InChI=1S/C53H41N5/c1-3-14-34(15-4-1)51-54-52(35-16-5-2-6-17-35)56-53(55-51)44-23-13-20-38-30-39(26-28-41(38)44)58-49-29-27-40(33-46(49)45-31-36-18-7-8-19-37(36)32-50(45)58)57-47-24-11-9-21-42(47)43-22-10-12-25-48(43)57/h1-25,27,29-30,32-33,45,51,53,55H,26,28,31H2,(H,54,56). The second-order valence-corrected chi connectivity index (χ2v) is 15.9. The molecule has 3 heterocycles. The van der Waals surface area contributed by atoms with Crippen molar-refractivity contribution >= 4 is 45.5 Å². The molecule has 3 atom stereocenters. The van der Waals surface area contributed by atoms with Gasteiger partial charge in [0.2, 0.25) is 0 Å². The van der Waals surface area contributed by atoms with E-state index >= 15 is 0 Å². The molecule has 0 bridgehead atoms. The van der Waals surface area contributed by atoms with Gasteiger partial charge in [-0.1, -0.05) is 140 Å². The van der Waals surface area contributed by atoms with Crippen LogP contribution in [0.1, 0.15) is 69.2 Å². The molecule has 2 N–H and O–H groups in total. The van der Waals surface area contributed by atoms with Gasteiger partial charge in [-0.25, -0.2) is 4.99 Å². The van der Waals surface area contributed by atoms with E-state index in [1.807, 2.05) is 0 Å². The van der Waals surface area contributed by atoms with E-state index < -0.39 is 0 Å². The normalized spacial score (nSPS) is 19.3. The molecule has 0 spiro atoms. The monoisotopic (exact) mass is 747 g/mol. The zero-order chi connectivity index (χ0) is 38.2. The Bertz CT molecular complexity index is 2960. The lowest BCUT2D eigenvalue weighted by Gasteiger charge is -2.35. The van der Waals surface area contributed by atoms with Crippen molar-refractivity contribution in [3.05, 3.63) is 226 Å². The first-order chi connectivity index (χ1) is 28.7. The fourth-order valence-corrected chi connectivity index (χ4v) is 10.0. The van der Waals surface area contributed by atoms with E-state index in [-0.39, 0.29) is 18.2 Å². The zero-order valence-electron chi connectivity index (χ0n) is 32.0. The number of hydrogen-bond acceptors (Lipinski definition) is 4. The first-order valence-electron chi connectivity index (χ1n) is 20.5.